The number of ether oxygens (including phenoxy) is 1. The standard InChI is InChI=1S/C14H14N4O3S/c1-9(2)21-10-3-5-11(6-4-10)22(19,20)14-12-13(16-7-15-12)17-8-18-14/h3-9H,1-2H3,(H,15,16,17,18). The van der Waals surface area contributed by atoms with Gasteiger partial charge in [0.05, 0.1) is 17.3 Å². The summed E-state index contributed by atoms with van der Waals surface area (Å²) < 4.78 is 30.9. The van der Waals surface area contributed by atoms with E-state index < -0.39 is 9.84 Å². The second-order valence-electron chi connectivity index (χ2n) is 4.92. The van der Waals surface area contributed by atoms with Crippen LogP contribution in [0.15, 0.2) is 46.8 Å². The number of rotatable bonds is 4. The van der Waals surface area contributed by atoms with Crippen molar-refractivity contribution in [1.29, 1.82) is 0 Å². The molecule has 114 valence electrons. The molecular weight excluding hydrogens is 304 g/mol. The topological polar surface area (TPSA) is 97.8 Å². The Hall–Kier alpha value is -2.48. The van der Waals surface area contributed by atoms with E-state index in [-0.39, 0.29) is 16.0 Å². The highest BCUT2D eigenvalue weighted by molar-refractivity contribution is 7.91. The van der Waals surface area contributed by atoms with Crippen LogP contribution in [-0.2, 0) is 9.84 Å². The number of aromatic amines is 1. The molecule has 0 fully saturated rings. The Balaban J connectivity index is 2.04. The number of H-pyrrole nitrogens is 1. The molecule has 0 radical (unpaired) electrons. The fourth-order valence-electron chi connectivity index (χ4n) is 2.03. The lowest BCUT2D eigenvalue weighted by Crippen LogP contribution is -2.07. The van der Waals surface area contributed by atoms with E-state index in [9.17, 15) is 8.42 Å². The van der Waals surface area contributed by atoms with Crippen LogP contribution in [0.4, 0.5) is 0 Å². The molecule has 0 saturated heterocycles. The zero-order valence-electron chi connectivity index (χ0n) is 12.0. The largest absolute Gasteiger partial charge is 0.491 e. The maximum Gasteiger partial charge on any atom is 0.226 e. The van der Waals surface area contributed by atoms with Crippen LogP contribution in [0, 0.1) is 0 Å². The molecule has 2 heterocycles. The van der Waals surface area contributed by atoms with Gasteiger partial charge in [0.1, 0.15) is 17.6 Å². The summed E-state index contributed by atoms with van der Waals surface area (Å²) in [5.74, 6) is 0.614. The molecule has 0 aliphatic heterocycles. The van der Waals surface area contributed by atoms with Gasteiger partial charge >= 0.3 is 0 Å². The Morgan fingerprint density at radius 1 is 1.09 bits per heavy atom. The average molecular weight is 318 g/mol. The minimum Gasteiger partial charge on any atom is -0.491 e. The van der Waals surface area contributed by atoms with Crippen LogP contribution in [0.5, 0.6) is 5.75 Å². The van der Waals surface area contributed by atoms with Crippen molar-refractivity contribution in [2.45, 2.75) is 29.9 Å². The van der Waals surface area contributed by atoms with Gasteiger partial charge in [-0.25, -0.2) is 23.4 Å². The van der Waals surface area contributed by atoms with Crippen LogP contribution in [0.1, 0.15) is 13.8 Å². The fourth-order valence-corrected chi connectivity index (χ4v) is 3.35. The summed E-state index contributed by atoms with van der Waals surface area (Å²) in [5.41, 5.74) is 0.610. The first-order valence-electron chi connectivity index (χ1n) is 6.64. The number of nitrogens with one attached hydrogen (secondary N) is 1. The quantitative estimate of drug-likeness (QED) is 0.739. The second-order valence-corrected chi connectivity index (χ2v) is 6.79. The first-order chi connectivity index (χ1) is 10.5. The minimum absolute atomic E-state index is 0.0222. The summed E-state index contributed by atoms with van der Waals surface area (Å²) in [4.78, 5) is 14.7. The molecule has 0 unspecified atom stereocenters. The summed E-state index contributed by atoms with van der Waals surface area (Å²) in [6, 6.07) is 6.24. The number of sulfone groups is 1. The third-order valence-corrected chi connectivity index (χ3v) is 4.66. The maximum atomic E-state index is 12.7. The predicted molar refractivity (Wildman–Crippen MR) is 79.3 cm³/mol. The number of hydrogen-bond donors (Lipinski definition) is 1. The normalized spacial score (nSPS) is 12.0. The minimum atomic E-state index is -3.76. The summed E-state index contributed by atoms with van der Waals surface area (Å²) in [6.07, 6.45) is 2.60. The van der Waals surface area contributed by atoms with Crippen molar-refractivity contribution in [3.05, 3.63) is 36.9 Å². The third kappa shape index (κ3) is 2.52. The van der Waals surface area contributed by atoms with Crippen molar-refractivity contribution in [1.82, 2.24) is 19.9 Å². The van der Waals surface area contributed by atoms with E-state index in [4.69, 9.17) is 4.74 Å². The van der Waals surface area contributed by atoms with Gasteiger partial charge in [0.25, 0.3) is 0 Å². The summed E-state index contributed by atoms with van der Waals surface area (Å²) >= 11 is 0. The van der Waals surface area contributed by atoms with Gasteiger partial charge in [0.2, 0.25) is 9.84 Å². The molecule has 2 aromatic heterocycles. The van der Waals surface area contributed by atoms with Crippen molar-refractivity contribution >= 4 is 21.0 Å². The molecule has 3 aromatic rings. The monoisotopic (exact) mass is 318 g/mol. The van der Waals surface area contributed by atoms with Crippen LogP contribution in [0.25, 0.3) is 11.2 Å². The Labute approximate surface area is 127 Å². The average Bonchev–Trinajstić information content (AvgIpc) is 2.95. The summed E-state index contributed by atoms with van der Waals surface area (Å²) in [5, 5.41) is -0.0903. The lowest BCUT2D eigenvalue weighted by atomic mass is 10.3. The lowest BCUT2D eigenvalue weighted by molar-refractivity contribution is 0.242. The molecular formula is C14H14N4O3S. The van der Waals surface area contributed by atoms with Gasteiger partial charge in [-0.3, -0.25) is 0 Å². The highest BCUT2D eigenvalue weighted by Gasteiger charge is 2.23. The Bertz CT molecular complexity index is 901. The van der Waals surface area contributed by atoms with Crippen LogP contribution in [0.3, 0.4) is 0 Å². The molecule has 0 saturated carbocycles. The zero-order valence-corrected chi connectivity index (χ0v) is 12.8. The van der Waals surface area contributed by atoms with Crippen molar-refractivity contribution in [2.24, 2.45) is 0 Å². The number of aromatic nitrogens is 4. The molecule has 0 atom stereocenters. The summed E-state index contributed by atoms with van der Waals surface area (Å²) in [7, 11) is -3.76. The van der Waals surface area contributed by atoms with Gasteiger partial charge in [-0.15, -0.1) is 0 Å². The van der Waals surface area contributed by atoms with Gasteiger partial charge in [-0.05, 0) is 38.1 Å². The predicted octanol–water partition coefficient (Wildman–Crippen LogP) is 1.97. The molecule has 0 aliphatic rings. The van der Waals surface area contributed by atoms with Crippen LogP contribution < -0.4 is 4.74 Å². The van der Waals surface area contributed by atoms with Gasteiger partial charge in [-0.2, -0.15) is 0 Å². The molecule has 0 spiro atoms. The van der Waals surface area contributed by atoms with E-state index in [1.54, 1.807) is 12.1 Å². The number of nitrogens with zero attached hydrogens (tertiary/aromatic N) is 3. The maximum absolute atomic E-state index is 12.7. The Morgan fingerprint density at radius 2 is 1.82 bits per heavy atom. The molecule has 0 bridgehead atoms. The van der Waals surface area contributed by atoms with E-state index in [0.29, 0.717) is 16.9 Å². The fraction of sp³-hybridized carbons (Fsp3) is 0.214. The first kappa shape index (κ1) is 14.5. The van der Waals surface area contributed by atoms with Crippen molar-refractivity contribution in [2.75, 3.05) is 0 Å². The highest BCUT2D eigenvalue weighted by Crippen LogP contribution is 2.25. The first-order valence-corrected chi connectivity index (χ1v) is 8.12. The van der Waals surface area contributed by atoms with E-state index >= 15 is 0 Å². The van der Waals surface area contributed by atoms with E-state index in [0.717, 1.165) is 0 Å². The van der Waals surface area contributed by atoms with E-state index in [1.807, 2.05) is 13.8 Å². The zero-order chi connectivity index (χ0) is 15.7. The number of fused-ring (bicyclic) bond motifs is 1. The van der Waals surface area contributed by atoms with Gasteiger partial charge in [0, 0.05) is 0 Å². The highest BCUT2D eigenvalue weighted by atomic mass is 32.2. The third-order valence-electron chi connectivity index (χ3n) is 2.95. The van der Waals surface area contributed by atoms with Crippen molar-refractivity contribution in [3.63, 3.8) is 0 Å². The Morgan fingerprint density at radius 3 is 2.50 bits per heavy atom. The molecule has 8 heteroatoms. The van der Waals surface area contributed by atoms with Crippen LogP contribution in [0.2, 0.25) is 0 Å². The SMILES string of the molecule is CC(C)Oc1ccc(S(=O)(=O)c2ncnc3nc[nH]c23)cc1. The van der Waals surface area contributed by atoms with E-state index in [2.05, 4.69) is 19.9 Å². The molecule has 1 N–H and O–H groups in total. The van der Waals surface area contributed by atoms with Gasteiger partial charge < -0.3 is 9.72 Å². The number of imidazole rings is 1. The lowest BCUT2D eigenvalue weighted by Gasteiger charge is -2.10. The number of hydrogen-bond acceptors (Lipinski definition) is 6. The van der Waals surface area contributed by atoms with Gasteiger partial charge in [-0.1, -0.05) is 0 Å². The molecule has 22 heavy (non-hydrogen) atoms. The molecule has 7 nitrogen and oxygen atoms in total. The van der Waals surface area contributed by atoms with Crippen molar-refractivity contribution in [3.8, 4) is 5.75 Å². The molecule has 3 rings (SSSR count). The summed E-state index contributed by atoms with van der Waals surface area (Å²) in [6.45, 7) is 3.81. The van der Waals surface area contributed by atoms with Gasteiger partial charge in [0.15, 0.2) is 10.7 Å². The van der Waals surface area contributed by atoms with Crippen LogP contribution >= 0.6 is 0 Å². The molecule has 0 amide bonds. The molecule has 0 aliphatic carbocycles. The van der Waals surface area contributed by atoms with Crippen LogP contribution in [-0.4, -0.2) is 34.5 Å². The smallest absolute Gasteiger partial charge is 0.226 e. The number of benzene rings is 1. The molecule has 1 aromatic carbocycles. The van der Waals surface area contributed by atoms with Crippen molar-refractivity contribution < 1.29 is 13.2 Å². The second kappa shape index (κ2) is 5.38. The Kier molecular flexibility index (Phi) is 3.53. The van der Waals surface area contributed by atoms with E-state index in [1.165, 1.54) is 24.8 Å².